The maximum Gasteiger partial charge on any atom is 0.339 e. The molecular weight excluding hydrogens is 334 g/mol. The third-order valence-electron chi connectivity index (χ3n) is 3.00. The molecule has 3 aromatic rings. The summed E-state index contributed by atoms with van der Waals surface area (Å²) in [5, 5.41) is 10.1. The van der Waals surface area contributed by atoms with Crippen LogP contribution in [0.4, 0.5) is 0 Å². The number of ether oxygens (including phenoxy) is 1. The summed E-state index contributed by atoms with van der Waals surface area (Å²) in [6.07, 6.45) is 1.64. The number of carbonyl (C=O) groups is 1. The number of carboxylic acid groups (broad SMARTS) is 1. The summed E-state index contributed by atoms with van der Waals surface area (Å²) in [6, 6.07) is 14.1. The molecule has 5 heteroatoms. The molecule has 0 aliphatic heterocycles. The quantitative estimate of drug-likeness (QED) is 0.761. The molecule has 21 heavy (non-hydrogen) atoms. The zero-order valence-corrected chi connectivity index (χ0v) is 12.4. The Kier molecular flexibility index (Phi) is 3.58. The highest BCUT2D eigenvalue weighted by Crippen LogP contribution is 2.32. The zero-order chi connectivity index (χ0) is 14.8. The van der Waals surface area contributed by atoms with Gasteiger partial charge in [-0.2, -0.15) is 0 Å². The van der Waals surface area contributed by atoms with Crippen molar-refractivity contribution in [3.05, 3.63) is 64.8 Å². The molecule has 1 N–H and O–H groups in total. The molecule has 1 heterocycles. The van der Waals surface area contributed by atoms with E-state index in [-0.39, 0.29) is 11.3 Å². The average Bonchev–Trinajstić information content (AvgIpc) is 2.47. The van der Waals surface area contributed by atoms with E-state index in [9.17, 15) is 9.90 Å². The van der Waals surface area contributed by atoms with E-state index >= 15 is 0 Å². The first-order chi connectivity index (χ1) is 10.1. The third kappa shape index (κ3) is 2.73. The van der Waals surface area contributed by atoms with Crippen LogP contribution >= 0.6 is 15.9 Å². The number of hydrogen-bond donors (Lipinski definition) is 1. The molecule has 0 bridgehead atoms. The molecule has 0 aliphatic rings. The predicted molar refractivity (Wildman–Crippen MR) is 82.9 cm³/mol. The first kappa shape index (κ1) is 13.6. The number of aromatic nitrogens is 1. The van der Waals surface area contributed by atoms with Gasteiger partial charge in [-0.3, -0.25) is 4.98 Å². The van der Waals surface area contributed by atoms with Crippen LogP contribution in [0.2, 0.25) is 0 Å². The third-order valence-corrected chi connectivity index (χ3v) is 3.50. The van der Waals surface area contributed by atoms with E-state index < -0.39 is 5.97 Å². The van der Waals surface area contributed by atoms with E-state index in [1.165, 1.54) is 6.07 Å². The van der Waals surface area contributed by atoms with Crippen molar-refractivity contribution < 1.29 is 14.6 Å². The van der Waals surface area contributed by atoms with Crippen molar-refractivity contribution in [2.75, 3.05) is 0 Å². The molecular formula is C16H10BrNO3. The normalized spacial score (nSPS) is 10.5. The molecule has 0 saturated carbocycles. The van der Waals surface area contributed by atoms with E-state index in [1.807, 2.05) is 24.3 Å². The van der Waals surface area contributed by atoms with Crippen molar-refractivity contribution in [1.82, 2.24) is 4.98 Å². The van der Waals surface area contributed by atoms with Gasteiger partial charge in [0.25, 0.3) is 0 Å². The van der Waals surface area contributed by atoms with Gasteiger partial charge in [-0.25, -0.2) is 4.79 Å². The number of halogens is 1. The van der Waals surface area contributed by atoms with Crippen molar-refractivity contribution >= 4 is 32.8 Å². The largest absolute Gasteiger partial charge is 0.478 e. The highest BCUT2D eigenvalue weighted by Gasteiger charge is 2.13. The number of benzene rings is 2. The van der Waals surface area contributed by atoms with E-state index in [4.69, 9.17) is 4.74 Å². The van der Waals surface area contributed by atoms with Gasteiger partial charge in [-0.05, 0) is 36.4 Å². The van der Waals surface area contributed by atoms with E-state index in [2.05, 4.69) is 20.9 Å². The maximum atomic E-state index is 11.3. The van der Waals surface area contributed by atoms with Crippen molar-refractivity contribution in [1.29, 1.82) is 0 Å². The molecule has 0 aliphatic carbocycles. The Bertz CT molecular complexity index is 827. The molecule has 0 fully saturated rings. The standard InChI is InChI=1S/C16H10BrNO3/c17-10-5-6-12(16(19)20)15(9-10)21-14-7-8-18-13-4-2-1-3-11(13)14/h1-9H,(H,19,20). The monoisotopic (exact) mass is 343 g/mol. The van der Waals surface area contributed by atoms with Crippen LogP contribution in [0.5, 0.6) is 11.5 Å². The zero-order valence-electron chi connectivity index (χ0n) is 10.8. The Morgan fingerprint density at radius 2 is 1.90 bits per heavy atom. The number of carboxylic acids is 1. The van der Waals surface area contributed by atoms with Crippen LogP contribution in [0.3, 0.4) is 0 Å². The maximum absolute atomic E-state index is 11.3. The minimum atomic E-state index is -1.03. The lowest BCUT2D eigenvalue weighted by Gasteiger charge is -2.11. The van der Waals surface area contributed by atoms with Gasteiger partial charge in [0, 0.05) is 16.1 Å². The van der Waals surface area contributed by atoms with Gasteiger partial charge < -0.3 is 9.84 Å². The number of aromatic carboxylic acids is 1. The second-order valence-electron chi connectivity index (χ2n) is 4.37. The Labute approximate surface area is 129 Å². The molecule has 2 aromatic carbocycles. The number of hydrogen-bond acceptors (Lipinski definition) is 3. The molecule has 1 aromatic heterocycles. The summed E-state index contributed by atoms with van der Waals surface area (Å²) < 4.78 is 6.56. The number of fused-ring (bicyclic) bond motifs is 1. The highest BCUT2D eigenvalue weighted by molar-refractivity contribution is 9.10. The van der Waals surface area contributed by atoms with Gasteiger partial charge in [0.05, 0.1) is 5.52 Å². The van der Waals surface area contributed by atoms with Crippen LogP contribution in [0.25, 0.3) is 10.9 Å². The lowest BCUT2D eigenvalue weighted by atomic mass is 10.2. The first-order valence-corrected chi connectivity index (χ1v) is 6.99. The number of para-hydroxylation sites is 1. The van der Waals surface area contributed by atoms with Crippen molar-refractivity contribution in [2.24, 2.45) is 0 Å². The Balaban J connectivity index is 2.11. The van der Waals surface area contributed by atoms with Crippen LogP contribution in [0, 0.1) is 0 Å². The topological polar surface area (TPSA) is 59.4 Å². The van der Waals surface area contributed by atoms with Gasteiger partial charge >= 0.3 is 5.97 Å². The molecule has 0 spiro atoms. The second-order valence-corrected chi connectivity index (χ2v) is 5.29. The smallest absolute Gasteiger partial charge is 0.339 e. The van der Waals surface area contributed by atoms with Gasteiger partial charge in [-0.15, -0.1) is 0 Å². The number of pyridine rings is 1. The molecule has 0 amide bonds. The fourth-order valence-corrected chi connectivity index (χ4v) is 2.37. The minimum Gasteiger partial charge on any atom is -0.478 e. The van der Waals surface area contributed by atoms with E-state index in [1.54, 1.807) is 24.4 Å². The molecule has 0 radical (unpaired) electrons. The van der Waals surface area contributed by atoms with Crippen LogP contribution < -0.4 is 4.74 Å². The van der Waals surface area contributed by atoms with Crippen LogP contribution in [-0.4, -0.2) is 16.1 Å². The Hall–Kier alpha value is -2.40. The summed E-state index contributed by atoms with van der Waals surface area (Å²) in [5.41, 5.74) is 0.904. The number of rotatable bonds is 3. The van der Waals surface area contributed by atoms with Crippen LogP contribution in [0.1, 0.15) is 10.4 Å². The molecule has 0 atom stereocenters. The van der Waals surface area contributed by atoms with Gasteiger partial charge in [0.2, 0.25) is 0 Å². The molecule has 0 unspecified atom stereocenters. The van der Waals surface area contributed by atoms with Gasteiger partial charge in [0.15, 0.2) is 0 Å². The summed E-state index contributed by atoms with van der Waals surface area (Å²) in [6.45, 7) is 0. The van der Waals surface area contributed by atoms with Gasteiger partial charge in [-0.1, -0.05) is 28.1 Å². The molecule has 3 rings (SSSR count). The summed E-state index contributed by atoms with van der Waals surface area (Å²) in [7, 11) is 0. The van der Waals surface area contributed by atoms with E-state index in [0.29, 0.717) is 5.75 Å². The fourth-order valence-electron chi connectivity index (χ4n) is 2.03. The van der Waals surface area contributed by atoms with Gasteiger partial charge in [0.1, 0.15) is 17.1 Å². The highest BCUT2D eigenvalue weighted by atomic mass is 79.9. The van der Waals surface area contributed by atoms with Crippen molar-refractivity contribution in [3.63, 3.8) is 0 Å². The fraction of sp³-hybridized carbons (Fsp3) is 0. The second kappa shape index (κ2) is 5.54. The minimum absolute atomic E-state index is 0.110. The average molecular weight is 344 g/mol. The Morgan fingerprint density at radius 1 is 1.10 bits per heavy atom. The molecule has 4 nitrogen and oxygen atoms in total. The summed E-state index contributed by atoms with van der Waals surface area (Å²) >= 11 is 3.32. The van der Waals surface area contributed by atoms with Crippen LogP contribution in [-0.2, 0) is 0 Å². The van der Waals surface area contributed by atoms with Crippen molar-refractivity contribution in [2.45, 2.75) is 0 Å². The van der Waals surface area contributed by atoms with Crippen LogP contribution in [0.15, 0.2) is 59.2 Å². The number of nitrogens with zero attached hydrogens (tertiary/aromatic N) is 1. The first-order valence-electron chi connectivity index (χ1n) is 6.19. The SMILES string of the molecule is O=C(O)c1ccc(Br)cc1Oc1ccnc2ccccc12. The summed E-state index contributed by atoms with van der Waals surface area (Å²) in [4.78, 5) is 15.5. The summed E-state index contributed by atoms with van der Waals surface area (Å²) in [5.74, 6) is -0.176. The Morgan fingerprint density at radius 3 is 2.71 bits per heavy atom. The lowest BCUT2D eigenvalue weighted by molar-refractivity contribution is 0.0694. The van der Waals surface area contributed by atoms with E-state index in [0.717, 1.165) is 15.4 Å². The molecule has 104 valence electrons. The van der Waals surface area contributed by atoms with Crippen molar-refractivity contribution in [3.8, 4) is 11.5 Å². The lowest BCUT2D eigenvalue weighted by Crippen LogP contribution is -2.00. The predicted octanol–water partition coefficient (Wildman–Crippen LogP) is 4.49. The molecule has 0 saturated heterocycles.